The summed E-state index contributed by atoms with van der Waals surface area (Å²) < 4.78 is 5.37. The van der Waals surface area contributed by atoms with Gasteiger partial charge in [0.1, 0.15) is 12.4 Å². The van der Waals surface area contributed by atoms with Crippen LogP contribution in [0.15, 0.2) is 36.0 Å². The number of hydrogen-bond donors (Lipinski definition) is 1. The van der Waals surface area contributed by atoms with Crippen LogP contribution in [0.1, 0.15) is 5.56 Å². The summed E-state index contributed by atoms with van der Waals surface area (Å²) in [5.74, 6) is 5.74. The van der Waals surface area contributed by atoms with Gasteiger partial charge in [-0.2, -0.15) is 5.10 Å². The molecule has 0 aliphatic carbocycles. The first-order chi connectivity index (χ1) is 6.77. The molecular weight excluding hydrogens is 200 g/mol. The first-order valence-corrected chi connectivity index (χ1v) is 4.42. The normalized spacial score (nSPS) is 10.4. The largest absolute Gasteiger partial charge is 0.489 e. The molecule has 1 aromatic carbocycles. The third-order valence-corrected chi connectivity index (χ3v) is 1.78. The van der Waals surface area contributed by atoms with E-state index < -0.39 is 0 Å². The molecule has 0 saturated heterocycles. The summed E-state index contributed by atoms with van der Waals surface area (Å²) in [6.07, 6.45) is 3.16. The van der Waals surface area contributed by atoms with Crippen LogP contribution in [0.5, 0.6) is 5.75 Å². The molecule has 0 heterocycles. The Balaban J connectivity index is 2.95. The van der Waals surface area contributed by atoms with Gasteiger partial charge in [0.2, 0.25) is 0 Å². The van der Waals surface area contributed by atoms with Crippen LogP contribution in [0.25, 0.3) is 0 Å². The molecule has 0 aliphatic rings. The highest BCUT2D eigenvalue weighted by Crippen LogP contribution is 2.21. The molecule has 0 aromatic heterocycles. The highest BCUT2D eigenvalue weighted by Gasteiger charge is 2.01. The number of hydrazone groups is 1. The van der Waals surface area contributed by atoms with Gasteiger partial charge in [0.15, 0.2) is 0 Å². The van der Waals surface area contributed by atoms with E-state index in [1.54, 1.807) is 24.3 Å². The summed E-state index contributed by atoms with van der Waals surface area (Å²) in [6, 6.07) is 5.24. The van der Waals surface area contributed by atoms with Crippen molar-refractivity contribution in [3.05, 3.63) is 41.4 Å². The Morgan fingerprint density at radius 2 is 2.36 bits per heavy atom. The molecule has 4 heteroatoms. The van der Waals surface area contributed by atoms with E-state index in [2.05, 4.69) is 11.7 Å². The van der Waals surface area contributed by atoms with Crippen LogP contribution in [-0.4, -0.2) is 12.8 Å². The number of nitrogens with two attached hydrogens (primary N) is 1. The Labute approximate surface area is 87.8 Å². The van der Waals surface area contributed by atoms with Crippen molar-refractivity contribution in [3.8, 4) is 5.75 Å². The van der Waals surface area contributed by atoms with E-state index >= 15 is 0 Å². The van der Waals surface area contributed by atoms with Crippen molar-refractivity contribution in [1.29, 1.82) is 0 Å². The topological polar surface area (TPSA) is 47.6 Å². The van der Waals surface area contributed by atoms with Crippen LogP contribution in [0.2, 0.25) is 5.02 Å². The predicted octanol–water partition coefficient (Wildman–Crippen LogP) is 2.20. The van der Waals surface area contributed by atoms with Crippen molar-refractivity contribution >= 4 is 17.8 Å². The SMILES string of the molecule is C=CCOc1ccc(Cl)cc1C=NN. The molecule has 0 amide bonds. The van der Waals surface area contributed by atoms with Gasteiger partial charge in [-0.15, -0.1) is 0 Å². The third kappa shape index (κ3) is 2.78. The molecule has 0 saturated carbocycles. The zero-order valence-electron chi connectivity index (χ0n) is 7.61. The molecule has 74 valence electrons. The van der Waals surface area contributed by atoms with Crippen molar-refractivity contribution in [2.24, 2.45) is 10.9 Å². The van der Waals surface area contributed by atoms with Gasteiger partial charge in [-0.05, 0) is 18.2 Å². The number of nitrogens with zero attached hydrogens (tertiary/aromatic N) is 1. The Morgan fingerprint density at radius 3 is 3.00 bits per heavy atom. The van der Waals surface area contributed by atoms with Gasteiger partial charge in [0, 0.05) is 10.6 Å². The molecule has 0 radical (unpaired) electrons. The number of rotatable bonds is 4. The smallest absolute Gasteiger partial charge is 0.128 e. The first-order valence-electron chi connectivity index (χ1n) is 4.04. The molecule has 1 rings (SSSR count). The maximum Gasteiger partial charge on any atom is 0.128 e. The Kier molecular flexibility index (Phi) is 4.01. The van der Waals surface area contributed by atoms with E-state index in [1.165, 1.54) is 6.21 Å². The summed E-state index contributed by atoms with van der Waals surface area (Å²) in [5, 5.41) is 4.04. The minimum absolute atomic E-state index is 0.438. The average molecular weight is 211 g/mol. The second-order valence-corrected chi connectivity index (χ2v) is 3.00. The standard InChI is InChI=1S/C10H11ClN2O/c1-2-5-14-10-4-3-9(11)6-8(10)7-13-12/h2-4,6-7H,1,5,12H2. The minimum Gasteiger partial charge on any atom is -0.489 e. The molecule has 14 heavy (non-hydrogen) atoms. The zero-order chi connectivity index (χ0) is 10.4. The van der Waals surface area contributed by atoms with Crippen LogP contribution in [0, 0.1) is 0 Å². The maximum absolute atomic E-state index is 5.81. The van der Waals surface area contributed by atoms with Crippen molar-refractivity contribution in [2.45, 2.75) is 0 Å². The number of ether oxygens (including phenoxy) is 1. The minimum atomic E-state index is 0.438. The molecule has 0 fully saturated rings. The molecule has 2 N–H and O–H groups in total. The fourth-order valence-electron chi connectivity index (χ4n) is 0.981. The number of hydrogen-bond acceptors (Lipinski definition) is 3. The van der Waals surface area contributed by atoms with Crippen LogP contribution in [0.4, 0.5) is 0 Å². The molecule has 3 nitrogen and oxygen atoms in total. The van der Waals surface area contributed by atoms with Gasteiger partial charge in [-0.25, -0.2) is 0 Å². The Hall–Kier alpha value is -1.48. The fourth-order valence-corrected chi connectivity index (χ4v) is 1.16. The van der Waals surface area contributed by atoms with Gasteiger partial charge < -0.3 is 10.6 Å². The van der Waals surface area contributed by atoms with Gasteiger partial charge >= 0.3 is 0 Å². The second kappa shape index (κ2) is 5.29. The molecule has 0 atom stereocenters. The molecule has 0 bridgehead atoms. The van der Waals surface area contributed by atoms with Crippen molar-refractivity contribution in [2.75, 3.05) is 6.61 Å². The molecule has 0 spiro atoms. The van der Waals surface area contributed by atoms with Gasteiger partial charge in [-0.1, -0.05) is 24.3 Å². The summed E-state index contributed by atoms with van der Waals surface area (Å²) in [7, 11) is 0. The van der Waals surface area contributed by atoms with Crippen molar-refractivity contribution in [1.82, 2.24) is 0 Å². The lowest BCUT2D eigenvalue weighted by Crippen LogP contribution is -1.97. The van der Waals surface area contributed by atoms with Crippen molar-refractivity contribution < 1.29 is 4.74 Å². The monoisotopic (exact) mass is 210 g/mol. The number of halogens is 1. The van der Waals surface area contributed by atoms with E-state index in [0.717, 1.165) is 5.56 Å². The Bertz CT molecular complexity index is 350. The van der Waals surface area contributed by atoms with E-state index in [9.17, 15) is 0 Å². The summed E-state index contributed by atoms with van der Waals surface area (Å²) in [5.41, 5.74) is 0.752. The fraction of sp³-hybridized carbons (Fsp3) is 0.100. The first kappa shape index (κ1) is 10.6. The maximum atomic E-state index is 5.81. The average Bonchev–Trinajstić information content (AvgIpc) is 2.17. The van der Waals surface area contributed by atoms with Crippen LogP contribution < -0.4 is 10.6 Å². The molecule has 1 aromatic rings. The Morgan fingerprint density at radius 1 is 1.57 bits per heavy atom. The summed E-state index contributed by atoms with van der Waals surface area (Å²) in [4.78, 5) is 0. The van der Waals surface area contributed by atoms with E-state index in [1.807, 2.05) is 0 Å². The molecular formula is C10H11ClN2O. The van der Waals surface area contributed by atoms with E-state index in [-0.39, 0.29) is 0 Å². The summed E-state index contributed by atoms with van der Waals surface area (Å²) >= 11 is 5.81. The molecule has 0 unspecified atom stereocenters. The zero-order valence-corrected chi connectivity index (χ0v) is 8.37. The van der Waals surface area contributed by atoms with Gasteiger partial charge in [-0.3, -0.25) is 0 Å². The van der Waals surface area contributed by atoms with E-state index in [4.69, 9.17) is 22.2 Å². The lowest BCUT2D eigenvalue weighted by molar-refractivity contribution is 0.363. The third-order valence-electron chi connectivity index (χ3n) is 1.54. The van der Waals surface area contributed by atoms with Crippen LogP contribution >= 0.6 is 11.6 Å². The second-order valence-electron chi connectivity index (χ2n) is 2.56. The van der Waals surface area contributed by atoms with Crippen LogP contribution in [0.3, 0.4) is 0 Å². The summed E-state index contributed by atoms with van der Waals surface area (Å²) in [6.45, 7) is 4.00. The van der Waals surface area contributed by atoms with Crippen molar-refractivity contribution in [3.63, 3.8) is 0 Å². The number of benzene rings is 1. The molecule has 0 aliphatic heterocycles. The van der Waals surface area contributed by atoms with Crippen LogP contribution in [-0.2, 0) is 0 Å². The van der Waals surface area contributed by atoms with E-state index in [0.29, 0.717) is 17.4 Å². The quantitative estimate of drug-likeness (QED) is 0.359. The van der Waals surface area contributed by atoms with Gasteiger partial charge in [0.25, 0.3) is 0 Å². The van der Waals surface area contributed by atoms with Gasteiger partial charge in [0.05, 0.1) is 6.21 Å². The highest BCUT2D eigenvalue weighted by molar-refractivity contribution is 6.30. The lowest BCUT2D eigenvalue weighted by atomic mass is 10.2. The highest BCUT2D eigenvalue weighted by atomic mass is 35.5. The lowest BCUT2D eigenvalue weighted by Gasteiger charge is -2.06. The predicted molar refractivity (Wildman–Crippen MR) is 58.9 cm³/mol.